The van der Waals surface area contributed by atoms with Crippen molar-refractivity contribution in [1.82, 2.24) is 0 Å². The van der Waals surface area contributed by atoms with Gasteiger partial charge in [0.15, 0.2) is 11.5 Å². The van der Waals surface area contributed by atoms with Crippen LogP contribution in [-0.4, -0.2) is 21.3 Å². The molecular weight excluding hydrogens is 228 g/mol. The Labute approximate surface area is 108 Å². The van der Waals surface area contributed by atoms with Gasteiger partial charge in [-0.3, -0.25) is 0 Å². The molecule has 1 aromatic rings. The fraction of sp³-hybridized carbons (Fsp3) is 0.333. The molecule has 0 heterocycles. The molecule has 0 fully saturated rings. The maximum absolute atomic E-state index is 5.50. The third kappa shape index (κ3) is 2.21. The van der Waals surface area contributed by atoms with Gasteiger partial charge in [0, 0.05) is 11.5 Å². The molecule has 1 aromatic carbocycles. The predicted molar refractivity (Wildman–Crippen MR) is 71.7 cm³/mol. The van der Waals surface area contributed by atoms with Crippen LogP contribution in [0.1, 0.15) is 17.9 Å². The molecule has 0 amide bonds. The molecule has 0 N–H and O–H groups in total. The smallest absolute Gasteiger partial charge is 0.203 e. The van der Waals surface area contributed by atoms with Gasteiger partial charge in [0.25, 0.3) is 0 Å². The molecule has 1 aliphatic carbocycles. The van der Waals surface area contributed by atoms with Crippen molar-refractivity contribution >= 4 is 0 Å². The first-order valence-electron chi connectivity index (χ1n) is 5.94. The molecule has 1 atom stereocenters. The van der Waals surface area contributed by atoms with Gasteiger partial charge in [-0.2, -0.15) is 0 Å². The average Bonchev–Trinajstić information content (AvgIpc) is 2.46. The Balaban J connectivity index is 2.47. The summed E-state index contributed by atoms with van der Waals surface area (Å²) in [5.74, 6) is 2.42. The topological polar surface area (TPSA) is 27.7 Å². The molecule has 0 bridgehead atoms. The van der Waals surface area contributed by atoms with Crippen molar-refractivity contribution in [2.75, 3.05) is 21.3 Å². The van der Waals surface area contributed by atoms with Gasteiger partial charge in [0.05, 0.1) is 21.3 Å². The minimum absolute atomic E-state index is 0.324. The number of ether oxygens (including phenoxy) is 3. The van der Waals surface area contributed by atoms with Gasteiger partial charge in [-0.15, -0.1) is 0 Å². The van der Waals surface area contributed by atoms with Gasteiger partial charge >= 0.3 is 0 Å². The summed E-state index contributed by atoms with van der Waals surface area (Å²) < 4.78 is 16.2. The Morgan fingerprint density at radius 1 is 0.944 bits per heavy atom. The normalized spacial score (nSPS) is 17.6. The molecule has 0 saturated heterocycles. The van der Waals surface area contributed by atoms with Crippen molar-refractivity contribution in [3.8, 4) is 17.2 Å². The van der Waals surface area contributed by atoms with E-state index >= 15 is 0 Å². The lowest BCUT2D eigenvalue weighted by Crippen LogP contribution is -2.03. The van der Waals surface area contributed by atoms with Crippen LogP contribution in [0.4, 0.5) is 0 Å². The zero-order valence-electron chi connectivity index (χ0n) is 11.0. The van der Waals surface area contributed by atoms with Gasteiger partial charge < -0.3 is 14.2 Å². The number of benzene rings is 1. The zero-order chi connectivity index (χ0) is 13.0. The second kappa shape index (κ2) is 5.63. The first kappa shape index (κ1) is 12.6. The first-order valence-corrected chi connectivity index (χ1v) is 5.94. The fourth-order valence-electron chi connectivity index (χ4n) is 2.23. The Hall–Kier alpha value is -1.90. The van der Waals surface area contributed by atoms with Gasteiger partial charge in [-0.1, -0.05) is 30.4 Å². The molecule has 96 valence electrons. The fourth-order valence-corrected chi connectivity index (χ4v) is 2.23. The summed E-state index contributed by atoms with van der Waals surface area (Å²) >= 11 is 0. The van der Waals surface area contributed by atoms with Crippen LogP contribution in [0.15, 0.2) is 36.4 Å². The van der Waals surface area contributed by atoms with Crippen LogP contribution < -0.4 is 14.2 Å². The van der Waals surface area contributed by atoms with Gasteiger partial charge in [0.1, 0.15) is 0 Å². The highest BCUT2D eigenvalue weighted by molar-refractivity contribution is 5.57. The van der Waals surface area contributed by atoms with E-state index in [0.29, 0.717) is 17.4 Å². The summed E-state index contributed by atoms with van der Waals surface area (Å²) in [5.41, 5.74) is 1.12. The maximum Gasteiger partial charge on any atom is 0.203 e. The summed E-state index contributed by atoms with van der Waals surface area (Å²) in [5, 5.41) is 0. The number of hydrogen-bond donors (Lipinski definition) is 0. The number of hydrogen-bond acceptors (Lipinski definition) is 3. The molecule has 0 aromatic heterocycles. The van der Waals surface area contributed by atoms with E-state index in [-0.39, 0.29) is 0 Å². The molecule has 1 aliphatic rings. The molecule has 0 radical (unpaired) electrons. The summed E-state index contributed by atoms with van der Waals surface area (Å²) in [6.45, 7) is 0. The third-order valence-corrected chi connectivity index (χ3v) is 3.11. The molecule has 3 nitrogen and oxygen atoms in total. The number of methoxy groups -OCH3 is 3. The molecule has 0 saturated carbocycles. The zero-order valence-corrected chi connectivity index (χ0v) is 11.0. The molecular formula is C15H18O3. The highest BCUT2D eigenvalue weighted by atomic mass is 16.5. The summed E-state index contributed by atoms with van der Waals surface area (Å²) in [7, 11) is 4.91. The van der Waals surface area contributed by atoms with Crippen molar-refractivity contribution in [2.24, 2.45) is 0 Å². The van der Waals surface area contributed by atoms with Crippen molar-refractivity contribution in [2.45, 2.75) is 12.3 Å². The SMILES string of the molecule is COc1ccc(C2C=CC=CC2)c(OC)c1OC. The van der Waals surface area contributed by atoms with Crippen molar-refractivity contribution in [3.05, 3.63) is 42.0 Å². The van der Waals surface area contributed by atoms with Crippen LogP contribution in [0.25, 0.3) is 0 Å². The van der Waals surface area contributed by atoms with Crippen molar-refractivity contribution < 1.29 is 14.2 Å². The number of allylic oxidation sites excluding steroid dienone is 4. The predicted octanol–water partition coefficient (Wildman–Crippen LogP) is 3.31. The molecule has 1 unspecified atom stereocenters. The van der Waals surface area contributed by atoms with Gasteiger partial charge in [-0.05, 0) is 12.5 Å². The minimum Gasteiger partial charge on any atom is -0.493 e. The largest absolute Gasteiger partial charge is 0.493 e. The summed E-state index contributed by atoms with van der Waals surface area (Å²) in [6, 6.07) is 3.96. The van der Waals surface area contributed by atoms with Crippen LogP contribution in [0.2, 0.25) is 0 Å². The van der Waals surface area contributed by atoms with E-state index in [1.165, 1.54) is 0 Å². The van der Waals surface area contributed by atoms with Crippen LogP contribution in [0, 0.1) is 0 Å². The average molecular weight is 246 g/mol. The Bertz CT molecular complexity index is 475. The van der Waals surface area contributed by atoms with Gasteiger partial charge in [0.2, 0.25) is 5.75 Å². The van der Waals surface area contributed by atoms with E-state index in [1.807, 2.05) is 12.1 Å². The molecule has 18 heavy (non-hydrogen) atoms. The highest BCUT2D eigenvalue weighted by Gasteiger charge is 2.20. The highest BCUT2D eigenvalue weighted by Crippen LogP contribution is 2.44. The van der Waals surface area contributed by atoms with E-state index in [1.54, 1.807) is 21.3 Å². The third-order valence-electron chi connectivity index (χ3n) is 3.11. The lowest BCUT2D eigenvalue weighted by Gasteiger charge is -2.20. The van der Waals surface area contributed by atoms with Crippen molar-refractivity contribution in [3.63, 3.8) is 0 Å². The maximum atomic E-state index is 5.50. The second-order valence-electron chi connectivity index (χ2n) is 4.08. The molecule has 0 aliphatic heterocycles. The van der Waals surface area contributed by atoms with E-state index < -0.39 is 0 Å². The molecule has 2 rings (SSSR count). The Morgan fingerprint density at radius 2 is 1.72 bits per heavy atom. The van der Waals surface area contributed by atoms with E-state index in [0.717, 1.165) is 17.7 Å². The monoisotopic (exact) mass is 246 g/mol. The lowest BCUT2D eigenvalue weighted by molar-refractivity contribution is 0.321. The summed E-state index contributed by atoms with van der Waals surface area (Å²) in [4.78, 5) is 0. The quantitative estimate of drug-likeness (QED) is 0.815. The van der Waals surface area contributed by atoms with Crippen LogP contribution in [0.3, 0.4) is 0 Å². The first-order chi connectivity index (χ1) is 8.81. The van der Waals surface area contributed by atoms with Crippen LogP contribution >= 0.6 is 0 Å². The standard InChI is InChI=1S/C15H18O3/c1-16-13-10-9-12(11-7-5-4-6-8-11)14(17-2)15(13)18-3/h4-7,9-11H,8H2,1-3H3. The summed E-state index contributed by atoms with van der Waals surface area (Å²) in [6.07, 6.45) is 9.42. The number of rotatable bonds is 4. The van der Waals surface area contributed by atoms with Gasteiger partial charge in [-0.25, -0.2) is 0 Å². The van der Waals surface area contributed by atoms with E-state index in [9.17, 15) is 0 Å². The van der Waals surface area contributed by atoms with Crippen molar-refractivity contribution in [1.29, 1.82) is 0 Å². The molecule has 3 heteroatoms. The van der Waals surface area contributed by atoms with Crippen LogP contribution in [-0.2, 0) is 0 Å². The van der Waals surface area contributed by atoms with Crippen LogP contribution in [0.5, 0.6) is 17.2 Å². The molecule has 0 spiro atoms. The lowest BCUT2D eigenvalue weighted by atomic mass is 9.91. The van der Waals surface area contributed by atoms with E-state index in [2.05, 4.69) is 24.3 Å². The Kier molecular flexibility index (Phi) is 3.92. The minimum atomic E-state index is 0.324. The van der Waals surface area contributed by atoms with E-state index in [4.69, 9.17) is 14.2 Å². The Morgan fingerprint density at radius 3 is 2.28 bits per heavy atom. The second-order valence-corrected chi connectivity index (χ2v) is 4.08.